The molecule has 1 N–H and O–H groups in total. The van der Waals surface area contributed by atoms with Crippen LogP contribution in [0.2, 0.25) is 0 Å². The van der Waals surface area contributed by atoms with E-state index in [0.717, 1.165) is 12.4 Å². The summed E-state index contributed by atoms with van der Waals surface area (Å²) in [6.07, 6.45) is 5.98. The summed E-state index contributed by atoms with van der Waals surface area (Å²) >= 11 is 1.92. The molecule has 19 heavy (non-hydrogen) atoms. The summed E-state index contributed by atoms with van der Waals surface area (Å²) in [7, 11) is 3.41. The van der Waals surface area contributed by atoms with Crippen molar-refractivity contribution in [1.82, 2.24) is 15.1 Å². The molecule has 0 bridgehead atoms. The average molecular weight is 280 g/mol. The van der Waals surface area contributed by atoms with Crippen LogP contribution in [0.25, 0.3) is 0 Å². The number of nitrogens with zero attached hydrogens (tertiary/aromatic N) is 3. The first-order valence-electron chi connectivity index (χ1n) is 6.41. The number of amides is 1. The molecule has 104 valence electrons. The van der Waals surface area contributed by atoms with E-state index in [-0.39, 0.29) is 5.91 Å². The van der Waals surface area contributed by atoms with Gasteiger partial charge >= 0.3 is 0 Å². The Bertz CT molecular complexity index is 437. The molecule has 1 aromatic rings. The molecule has 1 aliphatic carbocycles. The largest absolute Gasteiger partial charge is 0.367 e. The van der Waals surface area contributed by atoms with Gasteiger partial charge in [-0.15, -0.1) is 10.2 Å². The van der Waals surface area contributed by atoms with Crippen molar-refractivity contribution in [2.75, 3.05) is 32.2 Å². The fourth-order valence-corrected chi connectivity index (χ4v) is 2.96. The van der Waals surface area contributed by atoms with Crippen molar-refractivity contribution in [2.24, 2.45) is 0 Å². The van der Waals surface area contributed by atoms with E-state index in [0.29, 0.717) is 10.4 Å². The molecule has 5 nitrogen and oxygen atoms in total. The third-order valence-corrected chi connectivity index (χ3v) is 5.00. The lowest BCUT2D eigenvalue weighted by Crippen LogP contribution is -2.40. The monoisotopic (exact) mass is 280 g/mol. The molecule has 0 spiro atoms. The summed E-state index contributed by atoms with van der Waals surface area (Å²) < 4.78 is 0.361. The van der Waals surface area contributed by atoms with Crippen molar-refractivity contribution < 1.29 is 4.79 Å². The van der Waals surface area contributed by atoms with Gasteiger partial charge in [0.05, 0.1) is 0 Å². The van der Waals surface area contributed by atoms with Crippen molar-refractivity contribution in [3.8, 4) is 0 Å². The first-order chi connectivity index (χ1) is 9.06. The Morgan fingerprint density at radius 1 is 1.42 bits per heavy atom. The molecular formula is C13H20N4OS. The van der Waals surface area contributed by atoms with Crippen LogP contribution in [0.4, 0.5) is 5.82 Å². The zero-order valence-corrected chi connectivity index (χ0v) is 12.5. The summed E-state index contributed by atoms with van der Waals surface area (Å²) in [5, 5.41) is 11.3. The lowest BCUT2D eigenvalue weighted by atomic mass is 9.84. The van der Waals surface area contributed by atoms with Crippen LogP contribution in [0.3, 0.4) is 0 Å². The predicted octanol–water partition coefficient (Wildman–Crippen LogP) is 1.88. The van der Waals surface area contributed by atoms with Crippen LogP contribution in [0.1, 0.15) is 29.8 Å². The molecule has 0 aliphatic heterocycles. The number of hydrogen-bond acceptors (Lipinski definition) is 5. The maximum absolute atomic E-state index is 11.7. The highest BCUT2D eigenvalue weighted by atomic mass is 32.2. The van der Waals surface area contributed by atoms with Gasteiger partial charge in [-0.2, -0.15) is 11.8 Å². The smallest absolute Gasteiger partial charge is 0.273 e. The molecule has 0 saturated heterocycles. The van der Waals surface area contributed by atoms with Crippen LogP contribution in [0, 0.1) is 0 Å². The minimum absolute atomic E-state index is 0.126. The molecule has 1 aromatic heterocycles. The number of aromatic nitrogens is 2. The fourth-order valence-electron chi connectivity index (χ4n) is 2.05. The third kappa shape index (κ3) is 3.18. The van der Waals surface area contributed by atoms with Gasteiger partial charge in [-0.05, 0) is 31.2 Å². The summed E-state index contributed by atoms with van der Waals surface area (Å²) in [6, 6.07) is 3.53. The van der Waals surface area contributed by atoms with Crippen LogP contribution < -0.4 is 5.32 Å². The van der Waals surface area contributed by atoms with Crippen molar-refractivity contribution in [3.63, 3.8) is 0 Å². The van der Waals surface area contributed by atoms with E-state index in [9.17, 15) is 4.79 Å². The number of hydrogen-bond donors (Lipinski definition) is 1. The Morgan fingerprint density at radius 2 is 2.16 bits per heavy atom. The summed E-state index contributed by atoms with van der Waals surface area (Å²) in [6.45, 7) is 0.907. The van der Waals surface area contributed by atoms with Gasteiger partial charge in [0.2, 0.25) is 0 Å². The van der Waals surface area contributed by atoms with Crippen molar-refractivity contribution in [2.45, 2.75) is 24.0 Å². The van der Waals surface area contributed by atoms with Crippen molar-refractivity contribution >= 4 is 23.5 Å². The van der Waals surface area contributed by atoms with Gasteiger partial charge in [-0.1, -0.05) is 6.42 Å². The number of rotatable bonds is 5. The van der Waals surface area contributed by atoms with E-state index in [4.69, 9.17) is 0 Å². The third-order valence-electron chi connectivity index (χ3n) is 3.58. The van der Waals surface area contributed by atoms with Gasteiger partial charge in [0.15, 0.2) is 5.69 Å². The van der Waals surface area contributed by atoms with Gasteiger partial charge in [0.25, 0.3) is 5.91 Å². The van der Waals surface area contributed by atoms with Crippen molar-refractivity contribution in [3.05, 3.63) is 17.8 Å². The molecule has 6 heteroatoms. The van der Waals surface area contributed by atoms with Crippen LogP contribution in [0.5, 0.6) is 0 Å². The lowest BCUT2D eigenvalue weighted by molar-refractivity contribution is 0.0821. The number of thioether (sulfide) groups is 1. The second kappa shape index (κ2) is 5.77. The van der Waals surface area contributed by atoms with Crippen LogP contribution in [-0.2, 0) is 0 Å². The number of carbonyl (C=O) groups is 1. The standard InChI is InChI=1S/C13H20N4OS/c1-17(2)12(18)10-5-6-11(16-15-10)14-9-13(19-3)7-4-8-13/h5-6H,4,7-9H2,1-3H3,(H,14,16). The van der Waals surface area contributed by atoms with Gasteiger partial charge in [0, 0.05) is 25.4 Å². The quantitative estimate of drug-likeness (QED) is 0.892. The topological polar surface area (TPSA) is 58.1 Å². The van der Waals surface area contributed by atoms with Crippen LogP contribution >= 0.6 is 11.8 Å². The van der Waals surface area contributed by atoms with E-state index in [1.54, 1.807) is 20.2 Å². The number of anilines is 1. The highest BCUT2D eigenvalue weighted by Crippen LogP contribution is 2.42. The van der Waals surface area contributed by atoms with Crippen LogP contribution in [-0.4, -0.2) is 52.6 Å². The molecule has 1 saturated carbocycles. The Labute approximate surface area is 118 Å². The average Bonchev–Trinajstić information content (AvgIpc) is 2.38. The Morgan fingerprint density at radius 3 is 2.58 bits per heavy atom. The van der Waals surface area contributed by atoms with Gasteiger partial charge in [-0.3, -0.25) is 4.79 Å². The molecule has 1 aliphatic rings. The molecule has 0 atom stereocenters. The van der Waals surface area contributed by atoms with E-state index in [1.165, 1.54) is 24.2 Å². The summed E-state index contributed by atoms with van der Waals surface area (Å²) in [4.78, 5) is 13.2. The van der Waals surface area contributed by atoms with Gasteiger partial charge < -0.3 is 10.2 Å². The van der Waals surface area contributed by atoms with Crippen molar-refractivity contribution in [1.29, 1.82) is 0 Å². The fraction of sp³-hybridized carbons (Fsp3) is 0.615. The molecule has 0 unspecified atom stereocenters. The van der Waals surface area contributed by atoms with E-state index < -0.39 is 0 Å². The predicted molar refractivity (Wildman–Crippen MR) is 78.6 cm³/mol. The molecule has 1 amide bonds. The zero-order chi connectivity index (χ0) is 13.9. The minimum atomic E-state index is -0.126. The minimum Gasteiger partial charge on any atom is -0.367 e. The zero-order valence-electron chi connectivity index (χ0n) is 11.6. The normalized spacial score (nSPS) is 16.6. The molecular weight excluding hydrogens is 260 g/mol. The van der Waals surface area contributed by atoms with Crippen LogP contribution in [0.15, 0.2) is 12.1 Å². The maximum atomic E-state index is 11.7. The van der Waals surface area contributed by atoms with Gasteiger partial charge in [0.1, 0.15) is 5.82 Å². The highest BCUT2D eigenvalue weighted by molar-refractivity contribution is 8.00. The van der Waals surface area contributed by atoms with E-state index in [1.807, 2.05) is 17.8 Å². The lowest BCUT2D eigenvalue weighted by Gasteiger charge is -2.40. The second-order valence-corrected chi connectivity index (χ2v) is 6.37. The molecule has 0 radical (unpaired) electrons. The molecule has 2 rings (SSSR count). The second-order valence-electron chi connectivity index (χ2n) is 5.10. The summed E-state index contributed by atoms with van der Waals surface area (Å²) in [5.41, 5.74) is 0.374. The van der Waals surface area contributed by atoms with E-state index in [2.05, 4.69) is 21.8 Å². The Balaban J connectivity index is 1.93. The first kappa shape index (κ1) is 14.1. The molecule has 0 aromatic carbocycles. The molecule has 1 heterocycles. The SMILES string of the molecule is CSC1(CNc2ccc(C(=O)N(C)C)nn2)CCC1. The number of carbonyl (C=O) groups excluding carboxylic acids is 1. The number of nitrogens with one attached hydrogen (secondary N) is 1. The highest BCUT2D eigenvalue weighted by Gasteiger charge is 2.35. The first-order valence-corrected chi connectivity index (χ1v) is 7.63. The maximum Gasteiger partial charge on any atom is 0.273 e. The molecule has 1 fully saturated rings. The van der Waals surface area contributed by atoms with Gasteiger partial charge in [-0.25, -0.2) is 0 Å². The summed E-state index contributed by atoms with van der Waals surface area (Å²) in [5.74, 6) is 0.606. The van der Waals surface area contributed by atoms with E-state index >= 15 is 0 Å². The Kier molecular flexibility index (Phi) is 4.29. The Hall–Kier alpha value is -1.30.